The summed E-state index contributed by atoms with van der Waals surface area (Å²) in [6.07, 6.45) is 2.62. The van der Waals surface area contributed by atoms with Crippen LogP contribution in [0.2, 0.25) is 0 Å². The fourth-order valence-electron chi connectivity index (χ4n) is 4.79. The van der Waals surface area contributed by atoms with Gasteiger partial charge in [0.1, 0.15) is 11.2 Å². The molecule has 0 aliphatic carbocycles. The lowest BCUT2D eigenvalue weighted by atomic mass is 9.72. The van der Waals surface area contributed by atoms with E-state index in [2.05, 4.69) is 15.4 Å². The fourth-order valence-corrected chi connectivity index (χ4v) is 5.72. The summed E-state index contributed by atoms with van der Waals surface area (Å²) in [5.41, 5.74) is 2.29. The molecule has 1 atom stereocenters. The maximum Gasteiger partial charge on any atom is 0.242 e. The van der Waals surface area contributed by atoms with Gasteiger partial charge in [0, 0.05) is 24.2 Å². The summed E-state index contributed by atoms with van der Waals surface area (Å²) in [5, 5.41) is 8.19. The van der Waals surface area contributed by atoms with Gasteiger partial charge in [-0.2, -0.15) is 9.78 Å². The highest BCUT2D eigenvalue weighted by Crippen LogP contribution is 2.52. The summed E-state index contributed by atoms with van der Waals surface area (Å²) in [6.45, 7) is 2.66. The van der Waals surface area contributed by atoms with Crippen molar-refractivity contribution in [3.05, 3.63) is 65.9 Å². The zero-order valence-electron chi connectivity index (χ0n) is 16.8. The Hall–Kier alpha value is -3.52. The topological polar surface area (TPSA) is 80.1 Å². The Morgan fingerprint density at radius 1 is 1.10 bits per heavy atom. The molecular weight excluding hydrogens is 410 g/mol. The van der Waals surface area contributed by atoms with E-state index in [9.17, 15) is 9.59 Å². The third-order valence-corrected chi connectivity index (χ3v) is 7.10. The van der Waals surface area contributed by atoms with Crippen molar-refractivity contribution >= 4 is 44.9 Å². The zero-order chi connectivity index (χ0) is 21.2. The van der Waals surface area contributed by atoms with Gasteiger partial charge in [-0.1, -0.05) is 48.6 Å². The summed E-state index contributed by atoms with van der Waals surface area (Å²) >= 11 is 1.50. The number of carbonyl (C=O) groups is 2. The van der Waals surface area contributed by atoms with Crippen LogP contribution in [-0.4, -0.2) is 33.1 Å². The highest BCUT2D eigenvalue weighted by Gasteiger charge is 2.56. The van der Waals surface area contributed by atoms with E-state index in [0.29, 0.717) is 17.5 Å². The molecule has 1 spiro atoms. The molecule has 0 radical (unpaired) electrons. The largest absolute Gasteiger partial charge is 0.311 e. The van der Waals surface area contributed by atoms with Crippen LogP contribution in [0.25, 0.3) is 15.3 Å². The first-order chi connectivity index (χ1) is 15.1. The molecule has 4 aromatic rings. The molecule has 2 aliphatic heterocycles. The second-order valence-electron chi connectivity index (χ2n) is 7.89. The van der Waals surface area contributed by atoms with E-state index in [1.807, 2.05) is 60.4 Å². The van der Waals surface area contributed by atoms with Crippen LogP contribution in [0.4, 0.5) is 11.5 Å². The minimum atomic E-state index is -1.06. The van der Waals surface area contributed by atoms with Gasteiger partial charge in [-0.05, 0) is 30.2 Å². The number of hydrogen-bond acceptors (Lipinski definition) is 5. The predicted octanol–water partition coefficient (Wildman–Crippen LogP) is 3.87. The molecule has 2 aliphatic rings. The zero-order valence-corrected chi connectivity index (χ0v) is 17.6. The number of nitrogens with one attached hydrogen (secondary N) is 1. The summed E-state index contributed by atoms with van der Waals surface area (Å²) < 4.78 is 2.69. The summed E-state index contributed by atoms with van der Waals surface area (Å²) in [6, 6.07) is 15.6. The number of rotatable bonds is 3. The summed E-state index contributed by atoms with van der Waals surface area (Å²) in [4.78, 5) is 33.2. The van der Waals surface area contributed by atoms with Crippen molar-refractivity contribution in [2.75, 3.05) is 16.8 Å². The van der Waals surface area contributed by atoms with Crippen molar-refractivity contribution in [3.8, 4) is 5.13 Å². The van der Waals surface area contributed by atoms with E-state index in [-0.39, 0.29) is 18.2 Å². The van der Waals surface area contributed by atoms with Gasteiger partial charge in [-0.25, -0.2) is 4.98 Å². The number of hydrogen-bond donors (Lipinski definition) is 1. The van der Waals surface area contributed by atoms with E-state index >= 15 is 0 Å². The number of carbonyl (C=O) groups excluding carboxylic acids is 2. The number of nitrogens with zero attached hydrogens (tertiary/aromatic N) is 4. The number of anilines is 2. The van der Waals surface area contributed by atoms with Crippen LogP contribution in [0.1, 0.15) is 30.9 Å². The first-order valence-corrected chi connectivity index (χ1v) is 11.1. The second kappa shape index (κ2) is 6.49. The molecule has 2 amide bonds. The van der Waals surface area contributed by atoms with E-state index in [1.54, 1.807) is 10.9 Å². The van der Waals surface area contributed by atoms with E-state index in [1.165, 1.54) is 11.3 Å². The van der Waals surface area contributed by atoms with Crippen LogP contribution in [0, 0.1) is 0 Å². The third kappa shape index (κ3) is 2.39. The standard InChI is InChI=1S/C23H19N5O2S/c1-2-11-27-17-9-5-3-7-14(17)23(21(27)30)12-19(29)26-20-15(23)13-24-28(20)22-25-16-8-4-6-10-18(16)31-22/h3-10,13H,2,11-12H2,1H3,(H,26,29)/t23-/m1/s1. The van der Waals surface area contributed by atoms with Gasteiger partial charge in [0.25, 0.3) is 0 Å². The summed E-state index contributed by atoms with van der Waals surface area (Å²) in [5.74, 6) is 0.268. The van der Waals surface area contributed by atoms with Gasteiger partial charge < -0.3 is 10.2 Å². The molecule has 0 unspecified atom stereocenters. The molecule has 0 saturated heterocycles. The second-order valence-corrected chi connectivity index (χ2v) is 8.90. The lowest BCUT2D eigenvalue weighted by molar-refractivity contribution is -0.126. The van der Waals surface area contributed by atoms with E-state index in [0.717, 1.165) is 33.5 Å². The van der Waals surface area contributed by atoms with Crippen molar-refractivity contribution in [1.29, 1.82) is 0 Å². The van der Waals surface area contributed by atoms with Crippen LogP contribution < -0.4 is 10.2 Å². The maximum absolute atomic E-state index is 13.8. The molecule has 7 nitrogen and oxygen atoms in total. The third-order valence-electron chi connectivity index (χ3n) is 6.09. The van der Waals surface area contributed by atoms with E-state index < -0.39 is 5.41 Å². The van der Waals surface area contributed by atoms with E-state index in [4.69, 9.17) is 0 Å². The molecule has 0 saturated carbocycles. The van der Waals surface area contributed by atoms with Crippen LogP contribution in [-0.2, 0) is 15.0 Å². The summed E-state index contributed by atoms with van der Waals surface area (Å²) in [7, 11) is 0. The number of benzene rings is 2. The quantitative estimate of drug-likeness (QED) is 0.536. The predicted molar refractivity (Wildman–Crippen MR) is 120 cm³/mol. The smallest absolute Gasteiger partial charge is 0.242 e. The van der Waals surface area contributed by atoms with Crippen LogP contribution in [0.3, 0.4) is 0 Å². The van der Waals surface area contributed by atoms with Gasteiger partial charge in [0.15, 0.2) is 0 Å². The molecular formula is C23H19N5O2S. The minimum Gasteiger partial charge on any atom is -0.311 e. The van der Waals surface area contributed by atoms with Crippen molar-refractivity contribution in [2.24, 2.45) is 0 Å². The number of amides is 2. The minimum absolute atomic E-state index is 0.0597. The average molecular weight is 430 g/mol. The van der Waals surface area contributed by atoms with Crippen molar-refractivity contribution in [3.63, 3.8) is 0 Å². The van der Waals surface area contributed by atoms with Crippen molar-refractivity contribution in [2.45, 2.75) is 25.2 Å². The Morgan fingerprint density at radius 2 is 1.90 bits per heavy atom. The SMILES string of the molecule is CCCN1C(=O)[C@]2(CC(=O)Nc3c2cnn3-c2nc3ccccc3s2)c2ccccc21. The Kier molecular flexibility index (Phi) is 3.82. The maximum atomic E-state index is 13.8. The number of fused-ring (bicyclic) bond motifs is 5. The Bertz CT molecular complexity index is 1340. The van der Waals surface area contributed by atoms with Crippen molar-refractivity contribution in [1.82, 2.24) is 14.8 Å². The molecule has 154 valence electrons. The van der Waals surface area contributed by atoms with Gasteiger partial charge in [0.2, 0.25) is 16.9 Å². The first-order valence-electron chi connectivity index (χ1n) is 10.3. The van der Waals surface area contributed by atoms with Crippen LogP contribution >= 0.6 is 11.3 Å². The van der Waals surface area contributed by atoms with Gasteiger partial charge in [0.05, 0.1) is 16.4 Å². The molecule has 8 heteroatoms. The monoisotopic (exact) mass is 429 g/mol. The molecule has 0 bridgehead atoms. The normalized spacial score (nSPS) is 19.7. The van der Waals surface area contributed by atoms with Gasteiger partial charge in [-0.3, -0.25) is 9.59 Å². The average Bonchev–Trinajstić information content (AvgIpc) is 3.45. The first kappa shape index (κ1) is 18.3. The number of aromatic nitrogens is 3. The molecule has 31 heavy (non-hydrogen) atoms. The highest BCUT2D eigenvalue weighted by atomic mass is 32.1. The fraction of sp³-hybridized carbons (Fsp3) is 0.217. The van der Waals surface area contributed by atoms with Crippen LogP contribution in [0.15, 0.2) is 54.7 Å². The molecule has 4 heterocycles. The molecule has 2 aromatic heterocycles. The molecule has 6 rings (SSSR count). The lowest BCUT2D eigenvalue weighted by Crippen LogP contribution is -2.46. The Morgan fingerprint density at radius 3 is 2.74 bits per heavy atom. The highest BCUT2D eigenvalue weighted by molar-refractivity contribution is 7.20. The van der Waals surface area contributed by atoms with Crippen LogP contribution in [0.5, 0.6) is 0 Å². The number of thiazole rings is 1. The molecule has 0 fully saturated rings. The number of para-hydroxylation sites is 2. The lowest BCUT2D eigenvalue weighted by Gasteiger charge is -2.32. The van der Waals surface area contributed by atoms with Gasteiger partial charge in [-0.15, -0.1) is 0 Å². The van der Waals surface area contributed by atoms with Crippen molar-refractivity contribution < 1.29 is 9.59 Å². The molecule has 1 N–H and O–H groups in total. The van der Waals surface area contributed by atoms with Gasteiger partial charge >= 0.3 is 0 Å². The Labute approximate surface area is 182 Å². The molecule has 2 aromatic carbocycles. The Balaban J connectivity index is 1.58.